The maximum absolute atomic E-state index is 6.03. The van der Waals surface area contributed by atoms with E-state index in [0.29, 0.717) is 23.4 Å². The molecule has 0 saturated carbocycles. The topological polar surface area (TPSA) is 45.6 Å². The van der Waals surface area contributed by atoms with Gasteiger partial charge in [-0.2, -0.15) is 11.8 Å². The number of thioether (sulfide) groups is 1. The molecule has 1 aromatic rings. The Labute approximate surface area is 142 Å². The molecule has 1 saturated heterocycles. The van der Waals surface area contributed by atoms with Crippen molar-refractivity contribution in [1.82, 2.24) is 10.6 Å². The lowest BCUT2D eigenvalue weighted by Gasteiger charge is -2.16. The minimum atomic E-state index is 0.624. The number of ether oxygens (including phenoxy) is 1. The molecule has 22 heavy (non-hydrogen) atoms. The third-order valence-corrected chi connectivity index (χ3v) is 5.15. The van der Waals surface area contributed by atoms with Crippen LogP contribution in [0.15, 0.2) is 23.2 Å². The summed E-state index contributed by atoms with van der Waals surface area (Å²) in [5.74, 6) is 2.93. The molecule has 0 radical (unpaired) electrons. The van der Waals surface area contributed by atoms with E-state index in [4.69, 9.17) is 16.3 Å². The van der Waals surface area contributed by atoms with Crippen LogP contribution >= 0.6 is 23.4 Å². The molecule has 1 unspecified atom stereocenters. The maximum Gasteiger partial charge on any atom is 0.191 e. The summed E-state index contributed by atoms with van der Waals surface area (Å²) < 4.78 is 5.64. The number of halogens is 1. The van der Waals surface area contributed by atoms with Gasteiger partial charge in [0.1, 0.15) is 5.75 Å². The van der Waals surface area contributed by atoms with Crippen LogP contribution in [0.4, 0.5) is 0 Å². The van der Waals surface area contributed by atoms with Gasteiger partial charge >= 0.3 is 0 Å². The van der Waals surface area contributed by atoms with E-state index in [-0.39, 0.29) is 0 Å². The fourth-order valence-corrected chi connectivity index (χ4v) is 3.74. The number of benzene rings is 1. The molecule has 4 nitrogen and oxygen atoms in total. The Bertz CT molecular complexity index is 504. The van der Waals surface area contributed by atoms with E-state index in [2.05, 4.69) is 15.6 Å². The molecule has 1 aromatic carbocycles. The first-order valence-electron chi connectivity index (χ1n) is 7.70. The molecule has 1 heterocycles. The number of guanidine groups is 1. The standard InChI is InChI=1S/C16H24ClN3OS/c1-3-21-15-9-13(17)7-6-12(15)10-19-16(18-2)20-11-14-5-4-8-22-14/h6-7,9,14H,3-5,8,10-11H2,1-2H3,(H2,18,19,20). The molecule has 0 amide bonds. The fraction of sp³-hybridized carbons (Fsp3) is 0.562. The average molecular weight is 342 g/mol. The minimum Gasteiger partial charge on any atom is -0.493 e. The van der Waals surface area contributed by atoms with Crippen molar-refractivity contribution in [3.8, 4) is 5.75 Å². The maximum atomic E-state index is 6.03. The molecule has 0 aliphatic carbocycles. The highest BCUT2D eigenvalue weighted by molar-refractivity contribution is 8.00. The summed E-state index contributed by atoms with van der Waals surface area (Å²) in [7, 11) is 1.79. The quantitative estimate of drug-likeness (QED) is 0.615. The Kier molecular flexibility index (Phi) is 7.19. The van der Waals surface area contributed by atoms with Gasteiger partial charge in [-0.1, -0.05) is 17.7 Å². The van der Waals surface area contributed by atoms with Crippen LogP contribution in [-0.2, 0) is 6.54 Å². The summed E-state index contributed by atoms with van der Waals surface area (Å²) in [6.07, 6.45) is 2.62. The minimum absolute atomic E-state index is 0.624. The zero-order valence-electron chi connectivity index (χ0n) is 13.2. The van der Waals surface area contributed by atoms with Crippen molar-refractivity contribution >= 4 is 29.3 Å². The number of nitrogens with zero attached hydrogens (tertiary/aromatic N) is 1. The largest absolute Gasteiger partial charge is 0.493 e. The van der Waals surface area contributed by atoms with Gasteiger partial charge in [0.05, 0.1) is 6.61 Å². The molecular weight excluding hydrogens is 318 g/mol. The SMILES string of the molecule is CCOc1cc(Cl)ccc1CNC(=NC)NCC1CCCS1. The van der Waals surface area contributed by atoms with Crippen LogP contribution in [0.2, 0.25) is 5.02 Å². The predicted octanol–water partition coefficient (Wildman–Crippen LogP) is 3.30. The summed E-state index contributed by atoms with van der Waals surface area (Å²) in [6.45, 7) is 4.21. The van der Waals surface area contributed by atoms with Gasteiger partial charge in [0.2, 0.25) is 0 Å². The van der Waals surface area contributed by atoms with Gasteiger partial charge in [-0.25, -0.2) is 0 Å². The van der Waals surface area contributed by atoms with Gasteiger partial charge in [0.15, 0.2) is 5.96 Å². The summed E-state index contributed by atoms with van der Waals surface area (Å²) in [5.41, 5.74) is 1.07. The molecule has 122 valence electrons. The van der Waals surface area contributed by atoms with Gasteiger partial charge in [-0.3, -0.25) is 4.99 Å². The van der Waals surface area contributed by atoms with E-state index in [9.17, 15) is 0 Å². The van der Waals surface area contributed by atoms with E-state index >= 15 is 0 Å². The number of rotatable bonds is 6. The zero-order valence-corrected chi connectivity index (χ0v) is 14.8. The van der Waals surface area contributed by atoms with Gasteiger partial charge < -0.3 is 15.4 Å². The number of nitrogens with one attached hydrogen (secondary N) is 2. The van der Waals surface area contributed by atoms with E-state index < -0.39 is 0 Å². The third-order valence-electron chi connectivity index (χ3n) is 3.52. The second-order valence-electron chi connectivity index (χ2n) is 5.13. The Morgan fingerprint density at radius 2 is 2.32 bits per heavy atom. The number of hydrogen-bond donors (Lipinski definition) is 2. The van der Waals surface area contributed by atoms with E-state index in [0.717, 1.165) is 23.8 Å². The van der Waals surface area contributed by atoms with Crippen LogP contribution in [0.3, 0.4) is 0 Å². The predicted molar refractivity (Wildman–Crippen MR) is 96.3 cm³/mol. The van der Waals surface area contributed by atoms with Crippen LogP contribution < -0.4 is 15.4 Å². The molecule has 2 rings (SSSR count). The molecule has 0 aromatic heterocycles. The average Bonchev–Trinajstić information content (AvgIpc) is 3.03. The van der Waals surface area contributed by atoms with Crippen molar-refractivity contribution in [2.24, 2.45) is 4.99 Å². The van der Waals surface area contributed by atoms with Crippen molar-refractivity contribution in [3.05, 3.63) is 28.8 Å². The van der Waals surface area contributed by atoms with Crippen molar-refractivity contribution in [1.29, 1.82) is 0 Å². The summed E-state index contributed by atoms with van der Waals surface area (Å²) in [4.78, 5) is 4.28. The third kappa shape index (κ3) is 5.29. The van der Waals surface area contributed by atoms with Crippen LogP contribution in [-0.4, -0.2) is 37.2 Å². The van der Waals surface area contributed by atoms with Gasteiger partial charge in [0.25, 0.3) is 0 Å². The Morgan fingerprint density at radius 3 is 3.00 bits per heavy atom. The van der Waals surface area contributed by atoms with Crippen molar-refractivity contribution in [2.75, 3.05) is 26.0 Å². The Balaban J connectivity index is 1.87. The van der Waals surface area contributed by atoms with Crippen molar-refractivity contribution in [3.63, 3.8) is 0 Å². The van der Waals surface area contributed by atoms with E-state index in [1.807, 2.05) is 36.9 Å². The molecular formula is C16H24ClN3OS. The molecule has 0 bridgehead atoms. The second-order valence-corrected chi connectivity index (χ2v) is 6.97. The molecule has 1 atom stereocenters. The first-order valence-corrected chi connectivity index (χ1v) is 9.13. The highest BCUT2D eigenvalue weighted by atomic mass is 35.5. The fourth-order valence-electron chi connectivity index (χ4n) is 2.38. The monoisotopic (exact) mass is 341 g/mol. The molecule has 1 fully saturated rings. The van der Waals surface area contributed by atoms with Gasteiger partial charge in [-0.15, -0.1) is 0 Å². The summed E-state index contributed by atoms with van der Waals surface area (Å²) >= 11 is 8.07. The molecule has 1 aliphatic heterocycles. The second kappa shape index (κ2) is 9.16. The van der Waals surface area contributed by atoms with Gasteiger partial charge in [-0.05, 0) is 37.7 Å². The van der Waals surface area contributed by atoms with Crippen LogP contribution in [0, 0.1) is 0 Å². The van der Waals surface area contributed by atoms with Crippen LogP contribution in [0.5, 0.6) is 5.75 Å². The Morgan fingerprint density at radius 1 is 1.45 bits per heavy atom. The first-order chi connectivity index (χ1) is 10.7. The lowest BCUT2D eigenvalue weighted by atomic mass is 10.2. The summed E-state index contributed by atoms with van der Waals surface area (Å²) in [6, 6.07) is 5.72. The highest BCUT2D eigenvalue weighted by Gasteiger charge is 2.15. The van der Waals surface area contributed by atoms with Crippen molar-refractivity contribution < 1.29 is 4.74 Å². The van der Waals surface area contributed by atoms with Gasteiger partial charge in [0, 0.05) is 36.0 Å². The van der Waals surface area contributed by atoms with Crippen LogP contribution in [0.1, 0.15) is 25.3 Å². The molecule has 1 aliphatic rings. The summed E-state index contributed by atoms with van der Waals surface area (Å²) in [5, 5.41) is 8.12. The molecule has 6 heteroatoms. The lowest BCUT2D eigenvalue weighted by molar-refractivity contribution is 0.336. The molecule has 0 spiro atoms. The van der Waals surface area contributed by atoms with Crippen LogP contribution in [0.25, 0.3) is 0 Å². The van der Waals surface area contributed by atoms with Crippen molar-refractivity contribution in [2.45, 2.75) is 31.6 Å². The van der Waals surface area contributed by atoms with E-state index in [1.165, 1.54) is 18.6 Å². The highest BCUT2D eigenvalue weighted by Crippen LogP contribution is 2.25. The molecule has 2 N–H and O–H groups in total. The zero-order chi connectivity index (χ0) is 15.8. The number of hydrogen-bond acceptors (Lipinski definition) is 3. The van der Waals surface area contributed by atoms with E-state index in [1.54, 1.807) is 7.05 Å². The number of aliphatic imine (C=N–C) groups is 1. The lowest BCUT2D eigenvalue weighted by Crippen LogP contribution is -2.39. The normalized spacial score (nSPS) is 18.3. The smallest absolute Gasteiger partial charge is 0.191 e. The first kappa shape index (κ1) is 17.3. The Hall–Kier alpha value is -1.07.